The summed E-state index contributed by atoms with van der Waals surface area (Å²) < 4.78 is 191. The summed E-state index contributed by atoms with van der Waals surface area (Å²) in [7, 11) is 0. The third-order valence-corrected chi connectivity index (χ3v) is 6.90. The van der Waals surface area contributed by atoms with Crippen molar-refractivity contribution in [2.45, 2.75) is 100 Å². The summed E-state index contributed by atoms with van der Waals surface area (Å²) in [4.78, 5) is 12.6. The van der Waals surface area contributed by atoms with Crippen molar-refractivity contribution in [3.05, 3.63) is 0 Å². The van der Waals surface area contributed by atoms with Gasteiger partial charge in [0.25, 0.3) is 0 Å². The lowest BCUT2D eigenvalue weighted by Gasteiger charge is -2.59. The minimum absolute atomic E-state index is 0.00326. The van der Waals surface area contributed by atoms with Gasteiger partial charge in [-0.2, -0.15) is 57.1 Å². The number of alkyl halides is 13. The van der Waals surface area contributed by atoms with Crippen LogP contribution in [-0.4, -0.2) is 58.9 Å². The van der Waals surface area contributed by atoms with E-state index < -0.39 is 84.4 Å². The number of rotatable bonds is 4. The molecule has 1 aliphatic heterocycles. The van der Waals surface area contributed by atoms with Gasteiger partial charge in [-0.1, -0.05) is 26.2 Å². The molecule has 2 fully saturated rings. The van der Waals surface area contributed by atoms with Crippen molar-refractivity contribution in [2.75, 3.05) is 0 Å². The first-order valence-electron chi connectivity index (χ1n) is 10.5. The standard InChI is InChI=1S/C19H21F13O4/c1-3-12(2,18(27,28)29)11(33)36-13(9-7-5-4-6-8-9)14(20,21)10(15(22,23)24)35-17(34,16(13,25)26)19(30,31)32/h9-10,34H,3-8H2,1-2H3. The van der Waals surface area contributed by atoms with Gasteiger partial charge in [0.2, 0.25) is 11.7 Å². The molecule has 0 aromatic rings. The zero-order chi connectivity index (χ0) is 28.4. The second kappa shape index (κ2) is 8.76. The summed E-state index contributed by atoms with van der Waals surface area (Å²) in [6.45, 7) is 0.629. The van der Waals surface area contributed by atoms with E-state index in [0.717, 1.165) is 0 Å². The van der Waals surface area contributed by atoms with Gasteiger partial charge in [0.15, 0.2) is 5.41 Å². The Morgan fingerprint density at radius 3 is 1.78 bits per heavy atom. The van der Waals surface area contributed by atoms with Gasteiger partial charge < -0.3 is 14.6 Å². The first-order valence-corrected chi connectivity index (χ1v) is 10.5. The summed E-state index contributed by atoms with van der Waals surface area (Å²) in [5.41, 5.74) is -9.41. The fraction of sp³-hybridized carbons (Fsp3) is 0.947. The van der Waals surface area contributed by atoms with Crippen LogP contribution < -0.4 is 0 Å². The summed E-state index contributed by atoms with van der Waals surface area (Å²) in [6.07, 6.45) is -28.2. The van der Waals surface area contributed by atoms with E-state index in [1.54, 1.807) is 0 Å². The number of carbonyl (C=O) groups excluding carboxylic acids is 1. The van der Waals surface area contributed by atoms with E-state index in [4.69, 9.17) is 0 Å². The average molecular weight is 560 g/mol. The van der Waals surface area contributed by atoms with E-state index in [0.29, 0.717) is 6.92 Å². The van der Waals surface area contributed by atoms with Crippen LogP contribution in [-0.2, 0) is 14.3 Å². The minimum atomic E-state index is -6.90. The molecule has 2 aliphatic rings. The highest BCUT2D eigenvalue weighted by Gasteiger charge is 2.94. The van der Waals surface area contributed by atoms with Gasteiger partial charge in [0, 0.05) is 5.92 Å². The molecule has 36 heavy (non-hydrogen) atoms. The van der Waals surface area contributed by atoms with Crippen LogP contribution in [0.3, 0.4) is 0 Å². The average Bonchev–Trinajstić information content (AvgIpc) is 2.71. The van der Waals surface area contributed by atoms with Gasteiger partial charge in [-0.25, -0.2) is 0 Å². The predicted octanol–water partition coefficient (Wildman–Crippen LogP) is 6.31. The number of hydrogen-bond donors (Lipinski definition) is 1. The molecule has 1 N–H and O–H groups in total. The molecule has 1 heterocycles. The van der Waals surface area contributed by atoms with Gasteiger partial charge in [0.05, 0.1) is 0 Å². The highest BCUT2D eigenvalue weighted by molar-refractivity contribution is 5.78. The number of aliphatic hydroxyl groups is 1. The summed E-state index contributed by atoms with van der Waals surface area (Å²) in [5.74, 6) is -24.9. The van der Waals surface area contributed by atoms with E-state index in [2.05, 4.69) is 9.47 Å². The molecule has 212 valence electrons. The molecule has 1 saturated heterocycles. The van der Waals surface area contributed by atoms with Crippen LogP contribution >= 0.6 is 0 Å². The lowest BCUT2D eigenvalue weighted by Crippen LogP contribution is -2.86. The molecule has 0 amide bonds. The third-order valence-electron chi connectivity index (χ3n) is 6.90. The third kappa shape index (κ3) is 4.11. The molecular weight excluding hydrogens is 539 g/mol. The Morgan fingerprint density at radius 2 is 1.42 bits per heavy atom. The quantitative estimate of drug-likeness (QED) is 0.324. The zero-order valence-electron chi connectivity index (χ0n) is 18.5. The fourth-order valence-corrected chi connectivity index (χ4v) is 4.46. The second-order valence-corrected chi connectivity index (χ2v) is 9.02. The Morgan fingerprint density at radius 1 is 0.944 bits per heavy atom. The molecule has 1 aliphatic carbocycles. The van der Waals surface area contributed by atoms with Gasteiger partial charge in [-0.15, -0.1) is 0 Å². The number of carbonyl (C=O) groups is 1. The number of hydrogen-bond acceptors (Lipinski definition) is 4. The highest BCUT2D eigenvalue weighted by Crippen LogP contribution is 2.66. The first kappa shape index (κ1) is 30.7. The Balaban J connectivity index is 2.98. The second-order valence-electron chi connectivity index (χ2n) is 9.02. The van der Waals surface area contributed by atoms with Crippen LogP contribution in [0.15, 0.2) is 0 Å². The van der Waals surface area contributed by atoms with Crippen molar-refractivity contribution in [1.82, 2.24) is 0 Å². The van der Waals surface area contributed by atoms with Gasteiger partial charge in [0.1, 0.15) is 0 Å². The van der Waals surface area contributed by atoms with E-state index >= 15 is 17.6 Å². The van der Waals surface area contributed by atoms with Crippen LogP contribution in [0.4, 0.5) is 57.1 Å². The van der Waals surface area contributed by atoms with Crippen LogP contribution in [0.25, 0.3) is 0 Å². The Labute approximate surface area is 195 Å². The van der Waals surface area contributed by atoms with Crippen LogP contribution in [0.5, 0.6) is 0 Å². The maximum Gasteiger partial charge on any atom is 0.449 e. The Bertz CT molecular complexity index is 831. The summed E-state index contributed by atoms with van der Waals surface area (Å²) in [5, 5.41) is 9.76. The molecule has 0 bridgehead atoms. The Kier molecular flexibility index (Phi) is 7.48. The monoisotopic (exact) mass is 560 g/mol. The number of esters is 1. The molecule has 0 radical (unpaired) electrons. The molecule has 2 rings (SSSR count). The lowest BCUT2D eigenvalue weighted by molar-refractivity contribution is -0.539. The van der Waals surface area contributed by atoms with Crippen molar-refractivity contribution in [2.24, 2.45) is 11.3 Å². The molecule has 17 heteroatoms. The van der Waals surface area contributed by atoms with Crippen molar-refractivity contribution < 1.29 is 76.5 Å². The van der Waals surface area contributed by atoms with E-state index in [1.807, 2.05) is 0 Å². The van der Waals surface area contributed by atoms with Crippen molar-refractivity contribution in [1.29, 1.82) is 0 Å². The van der Waals surface area contributed by atoms with Gasteiger partial charge >= 0.3 is 42.1 Å². The topological polar surface area (TPSA) is 55.8 Å². The molecule has 0 aromatic heterocycles. The minimum Gasteiger partial charge on any atom is -0.445 e. The maximum absolute atomic E-state index is 15.6. The number of halogens is 13. The zero-order valence-corrected chi connectivity index (χ0v) is 18.5. The molecule has 1 saturated carbocycles. The largest absolute Gasteiger partial charge is 0.449 e. The van der Waals surface area contributed by atoms with E-state index in [1.165, 1.54) is 0 Å². The maximum atomic E-state index is 15.6. The van der Waals surface area contributed by atoms with E-state index in [9.17, 15) is 49.4 Å². The molecule has 4 nitrogen and oxygen atoms in total. The fourth-order valence-electron chi connectivity index (χ4n) is 4.46. The molecule has 0 aromatic carbocycles. The van der Waals surface area contributed by atoms with Crippen molar-refractivity contribution in [3.8, 4) is 0 Å². The number of ether oxygens (including phenoxy) is 2. The molecular formula is C19H21F13O4. The molecule has 0 spiro atoms. The normalized spacial score (nSPS) is 33.6. The van der Waals surface area contributed by atoms with E-state index in [-0.39, 0.29) is 26.2 Å². The van der Waals surface area contributed by atoms with Crippen LogP contribution in [0.1, 0.15) is 52.4 Å². The SMILES string of the molecule is CCC(C)(C(=O)OC1(C2CCCCC2)C(F)(F)C(C(F)(F)F)OC(O)(C(F)(F)F)C1(F)F)C(F)(F)F. The van der Waals surface area contributed by atoms with Gasteiger partial charge in [-0.3, -0.25) is 4.79 Å². The van der Waals surface area contributed by atoms with Crippen LogP contribution in [0.2, 0.25) is 0 Å². The smallest absolute Gasteiger partial charge is 0.445 e. The first-order chi connectivity index (χ1) is 15.9. The highest BCUT2D eigenvalue weighted by atomic mass is 19.4. The lowest BCUT2D eigenvalue weighted by atomic mass is 9.64. The summed E-state index contributed by atoms with van der Waals surface area (Å²) in [6, 6.07) is 0. The molecule has 4 atom stereocenters. The van der Waals surface area contributed by atoms with Crippen LogP contribution in [0, 0.1) is 11.3 Å². The van der Waals surface area contributed by atoms with Crippen molar-refractivity contribution >= 4 is 5.97 Å². The summed E-state index contributed by atoms with van der Waals surface area (Å²) >= 11 is 0. The predicted molar refractivity (Wildman–Crippen MR) is 91.7 cm³/mol. The van der Waals surface area contributed by atoms with Gasteiger partial charge in [-0.05, 0) is 26.2 Å². The molecule has 4 unspecified atom stereocenters. The Hall–Kier alpha value is -1.52. The van der Waals surface area contributed by atoms with Crippen molar-refractivity contribution in [3.63, 3.8) is 0 Å².